The Bertz CT molecular complexity index is 489. The van der Waals surface area contributed by atoms with E-state index in [1.165, 1.54) is 0 Å². The number of hydrogen-bond donors (Lipinski definition) is 2. The average Bonchev–Trinajstić information content (AvgIpc) is 2.82. The standard InChI is InChI=1S/C15H20N2O3/c1-10-12(15(19)20)7-8-17(10)14(18)13(9-16)11-5-3-2-4-6-11/h2-6,10,12-13H,7-9,16H2,1H3,(H,19,20). The molecule has 1 saturated heterocycles. The number of carbonyl (C=O) groups is 2. The summed E-state index contributed by atoms with van der Waals surface area (Å²) in [5.74, 6) is -1.79. The summed E-state index contributed by atoms with van der Waals surface area (Å²) in [5.41, 5.74) is 6.63. The molecule has 1 aliphatic rings. The molecule has 1 fully saturated rings. The topological polar surface area (TPSA) is 83.6 Å². The van der Waals surface area contributed by atoms with Crippen LogP contribution in [0.25, 0.3) is 0 Å². The van der Waals surface area contributed by atoms with Crippen molar-refractivity contribution in [3.8, 4) is 0 Å². The third kappa shape index (κ3) is 2.67. The minimum atomic E-state index is -0.836. The second kappa shape index (κ2) is 6.05. The summed E-state index contributed by atoms with van der Waals surface area (Å²) in [4.78, 5) is 25.4. The van der Waals surface area contributed by atoms with Crippen molar-refractivity contribution in [1.29, 1.82) is 0 Å². The van der Waals surface area contributed by atoms with E-state index in [1.54, 1.807) is 11.8 Å². The summed E-state index contributed by atoms with van der Waals surface area (Å²) in [5, 5.41) is 9.13. The zero-order valence-corrected chi connectivity index (χ0v) is 11.5. The molecule has 3 atom stereocenters. The van der Waals surface area contributed by atoms with Gasteiger partial charge in [0.2, 0.25) is 5.91 Å². The Labute approximate surface area is 118 Å². The molecule has 0 aliphatic carbocycles. The highest BCUT2D eigenvalue weighted by Gasteiger charge is 2.40. The quantitative estimate of drug-likeness (QED) is 0.861. The minimum absolute atomic E-state index is 0.0741. The van der Waals surface area contributed by atoms with E-state index in [4.69, 9.17) is 10.8 Å². The molecule has 0 radical (unpaired) electrons. The van der Waals surface area contributed by atoms with Gasteiger partial charge in [-0.15, -0.1) is 0 Å². The van der Waals surface area contributed by atoms with Crippen molar-refractivity contribution in [2.24, 2.45) is 11.7 Å². The van der Waals surface area contributed by atoms with Crippen LogP contribution in [0.4, 0.5) is 0 Å². The van der Waals surface area contributed by atoms with Crippen molar-refractivity contribution in [3.63, 3.8) is 0 Å². The predicted molar refractivity (Wildman–Crippen MR) is 75.2 cm³/mol. The lowest BCUT2D eigenvalue weighted by atomic mass is 9.96. The first-order valence-electron chi connectivity index (χ1n) is 6.84. The fourth-order valence-electron chi connectivity index (χ4n) is 2.85. The smallest absolute Gasteiger partial charge is 0.308 e. The molecule has 20 heavy (non-hydrogen) atoms. The third-order valence-electron chi connectivity index (χ3n) is 4.09. The maximum atomic E-state index is 12.6. The molecule has 1 aromatic rings. The molecular formula is C15H20N2O3. The number of nitrogens with zero attached hydrogens (tertiary/aromatic N) is 1. The van der Waals surface area contributed by atoms with Gasteiger partial charge in [0.25, 0.3) is 0 Å². The van der Waals surface area contributed by atoms with Gasteiger partial charge in [-0.3, -0.25) is 9.59 Å². The number of nitrogens with two attached hydrogens (primary N) is 1. The van der Waals surface area contributed by atoms with Gasteiger partial charge in [-0.25, -0.2) is 0 Å². The number of likely N-dealkylation sites (tertiary alicyclic amines) is 1. The van der Waals surface area contributed by atoms with Crippen LogP contribution in [0.15, 0.2) is 30.3 Å². The minimum Gasteiger partial charge on any atom is -0.481 e. The summed E-state index contributed by atoms with van der Waals surface area (Å²) in [6.45, 7) is 2.51. The number of carbonyl (C=O) groups excluding carboxylic acids is 1. The molecule has 0 spiro atoms. The predicted octanol–water partition coefficient (Wildman–Crippen LogP) is 1.05. The SMILES string of the molecule is CC1C(C(=O)O)CCN1C(=O)C(CN)c1ccccc1. The summed E-state index contributed by atoms with van der Waals surface area (Å²) in [7, 11) is 0. The molecule has 0 saturated carbocycles. The first kappa shape index (κ1) is 14.5. The highest BCUT2D eigenvalue weighted by molar-refractivity contribution is 5.85. The number of hydrogen-bond acceptors (Lipinski definition) is 3. The van der Waals surface area contributed by atoms with Gasteiger partial charge >= 0.3 is 5.97 Å². The van der Waals surface area contributed by atoms with Crippen LogP contribution in [0.5, 0.6) is 0 Å². The van der Waals surface area contributed by atoms with Gasteiger partial charge in [-0.2, -0.15) is 0 Å². The highest BCUT2D eigenvalue weighted by atomic mass is 16.4. The lowest BCUT2D eigenvalue weighted by molar-refractivity contribution is -0.143. The lowest BCUT2D eigenvalue weighted by Gasteiger charge is -2.27. The van der Waals surface area contributed by atoms with E-state index in [-0.39, 0.29) is 18.5 Å². The molecule has 0 bridgehead atoms. The Morgan fingerprint density at radius 2 is 2.05 bits per heavy atom. The van der Waals surface area contributed by atoms with Crippen LogP contribution < -0.4 is 5.73 Å². The van der Waals surface area contributed by atoms with Crippen LogP contribution in [0.2, 0.25) is 0 Å². The molecule has 3 unspecified atom stereocenters. The molecule has 3 N–H and O–H groups in total. The fourth-order valence-corrected chi connectivity index (χ4v) is 2.85. The van der Waals surface area contributed by atoms with Crippen molar-refractivity contribution >= 4 is 11.9 Å². The van der Waals surface area contributed by atoms with E-state index >= 15 is 0 Å². The van der Waals surface area contributed by atoms with E-state index < -0.39 is 17.8 Å². The van der Waals surface area contributed by atoms with Gasteiger partial charge in [-0.1, -0.05) is 30.3 Å². The molecule has 1 amide bonds. The Morgan fingerprint density at radius 1 is 1.40 bits per heavy atom. The molecule has 0 aromatic heterocycles. The van der Waals surface area contributed by atoms with Gasteiger partial charge in [0.15, 0.2) is 0 Å². The van der Waals surface area contributed by atoms with Crippen molar-refractivity contribution in [3.05, 3.63) is 35.9 Å². The van der Waals surface area contributed by atoms with Crippen LogP contribution in [0.3, 0.4) is 0 Å². The van der Waals surface area contributed by atoms with Gasteiger partial charge in [0.05, 0.1) is 11.8 Å². The molecule has 2 rings (SSSR count). The molecular weight excluding hydrogens is 256 g/mol. The lowest BCUT2D eigenvalue weighted by Crippen LogP contribution is -2.42. The molecule has 1 heterocycles. The Kier molecular flexibility index (Phi) is 4.39. The summed E-state index contributed by atoms with van der Waals surface area (Å²) >= 11 is 0. The number of aliphatic carboxylic acids is 1. The molecule has 1 aromatic carbocycles. The molecule has 1 aliphatic heterocycles. The first-order chi connectivity index (χ1) is 9.56. The van der Waals surface area contributed by atoms with E-state index in [1.807, 2.05) is 30.3 Å². The number of carboxylic acids is 1. The zero-order chi connectivity index (χ0) is 14.7. The Morgan fingerprint density at radius 3 is 2.55 bits per heavy atom. The molecule has 5 nitrogen and oxygen atoms in total. The van der Waals surface area contributed by atoms with Crippen LogP contribution in [-0.2, 0) is 9.59 Å². The van der Waals surface area contributed by atoms with Crippen molar-refractivity contribution in [2.75, 3.05) is 13.1 Å². The van der Waals surface area contributed by atoms with Gasteiger partial charge in [-0.05, 0) is 18.9 Å². The number of amides is 1. The van der Waals surface area contributed by atoms with Crippen molar-refractivity contribution < 1.29 is 14.7 Å². The second-order valence-electron chi connectivity index (χ2n) is 5.20. The van der Waals surface area contributed by atoms with Crippen molar-refractivity contribution in [2.45, 2.75) is 25.3 Å². The highest BCUT2D eigenvalue weighted by Crippen LogP contribution is 2.28. The third-order valence-corrected chi connectivity index (χ3v) is 4.09. The maximum absolute atomic E-state index is 12.6. The second-order valence-corrected chi connectivity index (χ2v) is 5.20. The first-order valence-corrected chi connectivity index (χ1v) is 6.84. The number of benzene rings is 1. The monoisotopic (exact) mass is 276 g/mol. The van der Waals surface area contributed by atoms with E-state index in [0.29, 0.717) is 13.0 Å². The van der Waals surface area contributed by atoms with E-state index in [2.05, 4.69) is 0 Å². The Hall–Kier alpha value is -1.88. The van der Waals surface area contributed by atoms with Gasteiger partial charge < -0.3 is 15.7 Å². The van der Waals surface area contributed by atoms with Crippen LogP contribution in [0.1, 0.15) is 24.8 Å². The normalized spacial score (nSPS) is 23.6. The van der Waals surface area contributed by atoms with Crippen molar-refractivity contribution in [1.82, 2.24) is 4.90 Å². The van der Waals surface area contributed by atoms with E-state index in [9.17, 15) is 9.59 Å². The van der Waals surface area contributed by atoms with E-state index in [0.717, 1.165) is 5.56 Å². The summed E-state index contributed by atoms with van der Waals surface area (Å²) in [6, 6.07) is 9.12. The van der Waals surface area contributed by atoms with Gasteiger partial charge in [0, 0.05) is 19.1 Å². The molecule has 108 valence electrons. The number of carboxylic acid groups (broad SMARTS) is 1. The van der Waals surface area contributed by atoms with Gasteiger partial charge in [0.1, 0.15) is 0 Å². The van der Waals surface area contributed by atoms with Crippen LogP contribution in [-0.4, -0.2) is 41.0 Å². The largest absolute Gasteiger partial charge is 0.481 e. The fraction of sp³-hybridized carbons (Fsp3) is 0.467. The van der Waals surface area contributed by atoms with Crippen LogP contribution >= 0.6 is 0 Å². The summed E-state index contributed by atoms with van der Waals surface area (Å²) < 4.78 is 0. The Balaban J connectivity index is 2.16. The maximum Gasteiger partial charge on any atom is 0.308 e. The number of rotatable bonds is 4. The average molecular weight is 276 g/mol. The van der Waals surface area contributed by atoms with Crippen LogP contribution in [0, 0.1) is 5.92 Å². The summed E-state index contributed by atoms with van der Waals surface area (Å²) in [6.07, 6.45) is 0.508. The zero-order valence-electron chi connectivity index (χ0n) is 11.5. The molecule has 5 heteroatoms.